The Morgan fingerprint density at radius 3 is 2.88 bits per heavy atom. The summed E-state index contributed by atoms with van der Waals surface area (Å²) in [6, 6.07) is -0.145. The van der Waals surface area contributed by atoms with E-state index in [-0.39, 0.29) is 11.9 Å². The molecular formula is C13H26N2OS. The zero-order chi connectivity index (χ0) is 12.7. The Hall–Kier alpha value is -0.220. The van der Waals surface area contributed by atoms with E-state index in [1.165, 1.54) is 25.7 Å². The van der Waals surface area contributed by atoms with Crippen LogP contribution in [-0.2, 0) is 4.79 Å². The molecule has 0 aromatic carbocycles. The van der Waals surface area contributed by atoms with Gasteiger partial charge in [0.05, 0.1) is 6.04 Å². The van der Waals surface area contributed by atoms with Gasteiger partial charge in [0.25, 0.3) is 0 Å². The maximum absolute atomic E-state index is 11.2. The van der Waals surface area contributed by atoms with Crippen molar-refractivity contribution in [2.45, 2.75) is 57.2 Å². The van der Waals surface area contributed by atoms with Gasteiger partial charge in [0.1, 0.15) is 0 Å². The lowest BCUT2D eigenvalue weighted by atomic mass is 9.91. The fourth-order valence-electron chi connectivity index (χ4n) is 2.47. The Morgan fingerprint density at radius 1 is 1.53 bits per heavy atom. The summed E-state index contributed by atoms with van der Waals surface area (Å²) in [4.78, 5) is 11.2. The molecule has 1 rings (SSSR count). The van der Waals surface area contributed by atoms with Crippen LogP contribution in [0.2, 0.25) is 0 Å². The Morgan fingerprint density at radius 2 is 2.29 bits per heavy atom. The first-order valence-electron chi connectivity index (χ1n) is 6.77. The monoisotopic (exact) mass is 258 g/mol. The van der Waals surface area contributed by atoms with E-state index in [1.807, 2.05) is 18.7 Å². The predicted molar refractivity (Wildman–Crippen MR) is 75.2 cm³/mol. The molecule has 1 fully saturated rings. The van der Waals surface area contributed by atoms with Crippen LogP contribution in [0.4, 0.5) is 0 Å². The van der Waals surface area contributed by atoms with Crippen LogP contribution in [0.15, 0.2) is 0 Å². The number of thioether (sulfide) groups is 1. The van der Waals surface area contributed by atoms with E-state index < -0.39 is 0 Å². The molecule has 0 bridgehead atoms. The maximum atomic E-state index is 11.2. The van der Waals surface area contributed by atoms with Crippen molar-refractivity contribution < 1.29 is 4.79 Å². The zero-order valence-corrected chi connectivity index (χ0v) is 11.9. The van der Waals surface area contributed by atoms with Crippen molar-refractivity contribution in [3.05, 3.63) is 0 Å². The second kappa shape index (κ2) is 7.98. The van der Waals surface area contributed by atoms with E-state index in [0.29, 0.717) is 0 Å². The van der Waals surface area contributed by atoms with Crippen molar-refractivity contribution in [3.63, 3.8) is 0 Å². The molecule has 3 nitrogen and oxygen atoms in total. The fourth-order valence-corrected chi connectivity index (χ4v) is 3.98. The number of hydrogen-bond donors (Lipinski definition) is 2. The zero-order valence-electron chi connectivity index (χ0n) is 11.1. The highest BCUT2D eigenvalue weighted by atomic mass is 32.2. The smallest absolute Gasteiger partial charge is 0.234 e. The van der Waals surface area contributed by atoms with Crippen LogP contribution in [0.25, 0.3) is 0 Å². The molecule has 1 aliphatic carbocycles. The molecule has 0 spiro atoms. The van der Waals surface area contributed by atoms with Gasteiger partial charge in [0.2, 0.25) is 5.91 Å². The second-order valence-corrected chi connectivity index (χ2v) is 6.47. The second-order valence-electron chi connectivity index (χ2n) is 5.07. The van der Waals surface area contributed by atoms with E-state index in [9.17, 15) is 4.79 Å². The quantitative estimate of drug-likeness (QED) is 0.735. The highest BCUT2D eigenvalue weighted by Gasteiger charge is 2.20. The molecule has 1 amide bonds. The Balaban J connectivity index is 2.18. The highest BCUT2D eigenvalue weighted by Crippen LogP contribution is 2.32. The van der Waals surface area contributed by atoms with Crippen molar-refractivity contribution in [1.82, 2.24) is 5.32 Å². The van der Waals surface area contributed by atoms with Crippen molar-refractivity contribution in [2.24, 2.45) is 11.7 Å². The molecule has 3 unspecified atom stereocenters. The van der Waals surface area contributed by atoms with Gasteiger partial charge < -0.3 is 11.1 Å². The van der Waals surface area contributed by atoms with Crippen molar-refractivity contribution in [1.29, 1.82) is 0 Å². The number of carbonyl (C=O) groups is 1. The molecule has 0 aromatic heterocycles. The Bertz CT molecular complexity index is 235. The molecule has 4 heteroatoms. The molecule has 0 heterocycles. The van der Waals surface area contributed by atoms with Crippen molar-refractivity contribution >= 4 is 17.7 Å². The molecule has 1 aliphatic rings. The average Bonchev–Trinajstić information content (AvgIpc) is 2.28. The van der Waals surface area contributed by atoms with Crippen LogP contribution >= 0.6 is 11.8 Å². The lowest BCUT2D eigenvalue weighted by Crippen LogP contribution is -2.41. The summed E-state index contributed by atoms with van der Waals surface area (Å²) in [5, 5.41) is 3.94. The predicted octanol–water partition coefficient (Wildman–Crippen LogP) is 2.15. The molecule has 3 atom stereocenters. The molecule has 0 aromatic rings. The molecule has 0 radical (unpaired) electrons. The van der Waals surface area contributed by atoms with Gasteiger partial charge >= 0.3 is 0 Å². The number of nitrogens with two attached hydrogens (primary N) is 1. The van der Waals surface area contributed by atoms with Crippen molar-refractivity contribution in [3.8, 4) is 0 Å². The molecular weight excluding hydrogens is 232 g/mol. The van der Waals surface area contributed by atoms with Gasteiger partial charge in [-0.25, -0.2) is 0 Å². The summed E-state index contributed by atoms with van der Waals surface area (Å²) < 4.78 is 0. The number of primary amides is 1. The van der Waals surface area contributed by atoms with E-state index in [2.05, 4.69) is 12.2 Å². The van der Waals surface area contributed by atoms with Crippen LogP contribution in [0.5, 0.6) is 0 Å². The highest BCUT2D eigenvalue weighted by molar-refractivity contribution is 7.99. The third-order valence-electron chi connectivity index (χ3n) is 3.44. The van der Waals surface area contributed by atoms with Crippen LogP contribution in [0.1, 0.15) is 46.0 Å². The van der Waals surface area contributed by atoms with Gasteiger partial charge in [-0.2, -0.15) is 11.8 Å². The molecule has 3 N–H and O–H groups in total. The standard InChI is InChI=1S/C13H26N2OS/c1-3-15-12(13(14)16)7-8-17-11-6-4-5-10(2)9-11/h10-12,15H,3-9H2,1-2H3,(H2,14,16). The first kappa shape index (κ1) is 14.8. The number of carbonyl (C=O) groups excluding carboxylic acids is 1. The van der Waals surface area contributed by atoms with E-state index in [1.54, 1.807) is 0 Å². The molecule has 100 valence electrons. The fraction of sp³-hybridized carbons (Fsp3) is 0.923. The van der Waals surface area contributed by atoms with Gasteiger partial charge in [-0.1, -0.05) is 26.7 Å². The minimum atomic E-state index is -0.218. The van der Waals surface area contributed by atoms with E-state index in [4.69, 9.17) is 5.73 Å². The SMILES string of the molecule is CCNC(CCSC1CCCC(C)C1)C(N)=O. The summed E-state index contributed by atoms with van der Waals surface area (Å²) >= 11 is 2.02. The van der Waals surface area contributed by atoms with Gasteiger partial charge in [0, 0.05) is 5.25 Å². The van der Waals surface area contributed by atoms with Crippen LogP contribution < -0.4 is 11.1 Å². The lowest BCUT2D eigenvalue weighted by Gasteiger charge is -2.26. The number of likely N-dealkylation sites (N-methyl/N-ethyl adjacent to an activating group) is 1. The Labute approximate surface area is 109 Å². The third-order valence-corrected chi connectivity index (χ3v) is 4.81. The lowest BCUT2D eigenvalue weighted by molar-refractivity contribution is -0.120. The maximum Gasteiger partial charge on any atom is 0.234 e. The van der Waals surface area contributed by atoms with Gasteiger partial charge in [-0.3, -0.25) is 4.79 Å². The number of amides is 1. The molecule has 1 saturated carbocycles. The molecule has 0 aliphatic heterocycles. The minimum Gasteiger partial charge on any atom is -0.368 e. The summed E-state index contributed by atoms with van der Waals surface area (Å²) in [6.45, 7) is 5.15. The number of hydrogen-bond acceptors (Lipinski definition) is 3. The van der Waals surface area contributed by atoms with Crippen LogP contribution in [0.3, 0.4) is 0 Å². The first-order chi connectivity index (χ1) is 8.13. The number of nitrogens with one attached hydrogen (secondary N) is 1. The third kappa shape index (κ3) is 5.77. The van der Waals surface area contributed by atoms with Crippen LogP contribution in [0, 0.1) is 5.92 Å². The Kier molecular flexibility index (Phi) is 6.97. The summed E-state index contributed by atoms with van der Waals surface area (Å²) in [5.74, 6) is 1.70. The summed E-state index contributed by atoms with van der Waals surface area (Å²) in [5.41, 5.74) is 5.35. The summed E-state index contributed by atoms with van der Waals surface area (Å²) in [7, 11) is 0. The van der Waals surface area contributed by atoms with Gasteiger partial charge in [-0.15, -0.1) is 0 Å². The van der Waals surface area contributed by atoms with Crippen molar-refractivity contribution in [2.75, 3.05) is 12.3 Å². The van der Waals surface area contributed by atoms with Gasteiger partial charge in [-0.05, 0) is 37.5 Å². The first-order valence-corrected chi connectivity index (χ1v) is 7.82. The molecule has 17 heavy (non-hydrogen) atoms. The van der Waals surface area contributed by atoms with E-state index >= 15 is 0 Å². The van der Waals surface area contributed by atoms with E-state index in [0.717, 1.165) is 29.9 Å². The number of rotatable bonds is 7. The topological polar surface area (TPSA) is 55.1 Å². The largest absolute Gasteiger partial charge is 0.368 e. The van der Waals surface area contributed by atoms with Gasteiger partial charge in [0.15, 0.2) is 0 Å². The normalized spacial score (nSPS) is 26.7. The molecule has 0 saturated heterocycles. The summed E-state index contributed by atoms with van der Waals surface area (Å²) in [6.07, 6.45) is 6.30. The minimum absolute atomic E-state index is 0.145. The van der Waals surface area contributed by atoms with Crippen LogP contribution in [-0.4, -0.2) is 29.5 Å². The average molecular weight is 258 g/mol.